The van der Waals surface area contributed by atoms with Crippen molar-refractivity contribution in [2.24, 2.45) is 11.8 Å². The van der Waals surface area contributed by atoms with Gasteiger partial charge in [-0.1, -0.05) is 19.9 Å². The fourth-order valence-electron chi connectivity index (χ4n) is 2.20. The Bertz CT molecular complexity index is 516. The summed E-state index contributed by atoms with van der Waals surface area (Å²) in [4.78, 5) is 23.9. The summed E-state index contributed by atoms with van der Waals surface area (Å²) in [6.07, 6.45) is 0.955. The van der Waals surface area contributed by atoms with Gasteiger partial charge < -0.3 is 16.0 Å². The van der Waals surface area contributed by atoms with Gasteiger partial charge in [-0.3, -0.25) is 9.59 Å². The average Bonchev–Trinajstić information content (AvgIpc) is 3.21. The van der Waals surface area contributed by atoms with Crippen molar-refractivity contribution in [3.8, 4) is 0 Å². The molecule has 2 unspecified atom stereocenters. The van der Waals surface area contributed by atoms with Crippen LogP contribution in [-0.2, 0) is 4.79 Å². The van der Waals surface area contributed by atoms with Crippen LogP contribution >= 0.6 is 0 Å². The molecule has 21 heavy (non-hydrogen) atoms. The number of hydrogen-bond acceptors (Lipinski definition) is 3. The summed E-state index contributed by atoms with van der Waals surface area (Å²) < 4.78 is 0. The molecule has 3 N–H and O–H groups in total. The van der Waals surface area contributed by atoms with Gasteiger partial charge in [0.1, 0.15) is 0 Å². The second-order valence-electron chi connectivity index (χ2n) is 5.50. The van der Waals surface area contributed by atoms with Crippen LogP contribution < -0.4 is 16.0 Å². The van der Waals surface area contributed by atoms with Crippen molar-refractivity contribution >= 4 is 17.5 Å². The Morgan fingerprint density at radius 3 is 2.71 bits per heavy atom. The molecule has 1 aliphatic rings. The quantitative estimate of drug-likeness (QED) is 0.668. The van der Waals surface area contributed by atoms with Crippen LogP contribution in [0, 0.1) is 11.8 Å². The maximum atomic E-state index is 12.0. The highest BCUT2D eigenvalue weighted by Gasteiger charge is 2.39. The Morgan fingerprint density at radius 2 is 2.05 bits per heavy atom. The highest BCUT2D eigenvalue weighted by atomic mass is 16.2. The molecule has 1 saturated carbocycles. The van der Waals surface area contributed by atoms with Gasteiger partial charge in [0.2, 0.25) is 5.91 Å². The molecule has 1 fully saturated rings. The molecule has 2 atom stereocenters. The van der Waals surface area contributed by atoms with Gasteiger partial charge in [-0.25, -0.2) is 0 Å². The van der Waals surface area contributed by atoms with Crippen LogP contribution in [0.5, 0.6) is 0 Å². The van der Waals surface area contributed by atoms with Gasteiger partial charge >= 0.3 is 0 Å². The SMILES string of the molecule is CCNCCNC(=O)c1cccc(NC(=O)C2CC2C)c1. The van der Waals surface area contributed by atoms with Gasteiger partial charge in [-0.2, -0.15) is 0 Å². The Labute approximate surface area is 125 Å². The first kappa shape index (κ1) is 15.5. The van der Waals surface area contributed by atoms with E-state index in [1.165, 1.54) is 0 Å². The molecular formula is C16H23N3O2. The standard InChI is InChI=1S/C16H23N3O2/c1-3-17-7-8-18-15(20)12-5-4-6-13(10-12)19-16(21)14-9-11(14)2/h4-6,10-11,14,17H,3,7-9H2,1-2H3,(H,18,20)(H,19,21). The van der Waals surface area contributed by atoms with Gasteiger partial charge in [0, 0.05) is 30.3 Å². The van der Waals surface area contributed by atoms with Gasteiger partial charge in [0.15, 0.2) is 0 Å². The number of benzene rings is 1. The van der Waals surface area contributed by atoms with Gasteiger partial charge in [-0.15, -0.1) is 0 Å². The molecule has 5 nitrogen and oxygen atoms in total. The maximum absolute atomic E-state index is 12.0. The summed E-state index contributed by atoms with van der Waals surface area (Å²) in [6, 6.07) is 7.05. The first-order valence-corrected chi connectivity index (χ1v) is 7.51. The predicted octanol–water partition coefficient (Wildman–Crippen LogP) is 1.62. The summed E-state index contributed by atoms with van der Waals surface area (Å²) in [6.45, 7) is 6.31. The van der Waals surface area contributed by atoms with E-state index in [9.17, 15) is 9.59 Å². The molecule has 5 heteroatoms. The van der Waals surface area contributed by atoms with Crippen molar-refractivity contribution in [1.29, 1.82) is 0 Å². The minimum Gasteiger partial charge on any atom is -0.351 e. The molecular weight excluding hydrogens is 266 g/mol. The Hall–Kier alpha value is -1.88. The van der Waals surface area contributed by atoms with Crippen molar-refractivity contribution in [3.63, 3.8) is 0 Å². The third-order valence-corrected chi connectivity index (χ3v) is 3.68. The van der Waals surface area contributed by atoms with Crippen molar-refractivity contribution in [3.05, 3.63) is 29.8 Å². The van der Waals surface area contributed by atoms with Gasteiger partial charge in [-0.05, 0) is 37.1 Å². The molecule has 0 spiro atoms. The van der Waals surface area contributed by atoms with Gasteiger partial charge in [0.25, 0.3) is 5.91 Å². The fraction of sp³-hybridized carbons (Fsp3) is 0.500. The number of amides is 2. The smallest absolute Gasteiger partial charge is 0.251 e. The lowest BCUT2D eigenvalue weighted by Crippen LogP contribution is -2.31. The van der Waals surface area contributed by atoms with Crippen LogP contribution in [0.2, 0.25) is 0 Å². The molecule has 1 aromatic rings. The zero-order chi connectivity index (χ0) is 15.2. The van der Waals surface area contributed by atoms with E-state index < -0.39 is 0 Å². The van der Waals surface area contributed by atoms with E-state index in [2.05, 4.69) is 22.9 Å². The molecule has 0 aliphatic heterocycles. The summed E-state index contributed by atoms with van der Waals surface area (Å²) in [5.74, 6) is 0.529. The average molecular weight is 289 g/mol. The van der Waals surface area contributed by atoms with Crippen LogP contribution in [0.4, 0.5) is 5.69 Å². The van der Waals surface area contributed by atoms with Gasteiger partial charge in [0.05, 0.1) is 0 Å². The summed E-state index contributed by atoms with van der Waals surface area (Å²) in [7, 11) is 0. The number of nitrogens with one attached hydrogen (secondary N) is 3. The normalized spacial score (nSPS) is 19.9. The molecule has 0 aromatic heterocycles. The van der Waals surface area contributed by atoms with E-state index in [0.29, 0.717) is 23.7 Å². The predicted molar refractivity (Wildman–Crippen MR) is 83.2 cm³/mol. The number of hydrogen-bond donors (Lipinski definition) is 3. The maximum Gasteiger partial charge on any atom is 0.251 e. The highest BCUT2D eigenvalue weighted by molar-refractivity contribution is 5.98. The Kier molecular flexibility index (Phi) is 5.33. The topological polar surface area (TPSA) is 70.2 Å². The van der Waals surface area contributed by atoms with Crippen LogP contribution in [-0.4, -0.2) is 31.4 Å². The largest absolute Gasteiger partial charge is 0.351 e. The molecule has 1 aliphatic carbocycles. The van der Waals surface area contributed by atoms with E-state index in [1.807, 2.05) is 6.92 Å². The third-order valence-electron chi connectivity index (χ3n) is 3.68. The molecule has 0 heterocycles. The zero-order valence-electron chi connectivity index (χ0n) is 12.6. The minimum absolute atomic E-state index is 0.0483. The molecule has 114 valence electrons. The minimum atomic E-state index is -0.121. The number of anilines is 1. The third kappa shape index (κ3) is 4.56. The monoisotopic (exact) mass is 289 g/mol. The van der Waals surface area contributed by atoms with Crippen molar-refractivity contribution in [1.82, 2.24) is 10.6 Å². The molecule has 1 aromatic carbocycles. The molecule has 0 saturated heterocycles. The Morgan fingerprint density at radius 1 is 1.29 bits per heavy atom. The molecule has 0 bridgehead atoms. The van der Waals surface area contributed by atoms with E-state index in [4.69, 9.17) is 0 Å². The summed E-state index contributed by atoms with van der Waals surface area (Å²) in [5.41, 5.74) is 1.24. The first-order chi connectivity index (χ1) is 10.1. The van der Waals surface area contributed by atoms with E-state index in [-0.39, 0.29) is 17.7 Å². The second-order valence-corrected chi connectivity index (χ2v) is 5.50. The van der Waals surface area contributed by atoms with Crippen molar-refractivity contribution in [2.45, 2.75) is 20.3 Å². The zero-order valence-corrected chi connectivity index (χ0v) is 12.6. The van der Waals surface area contributed by atoms with Crippen LogP contribution in [0.15, 0.2) is 24.3 Å². The van der Waals surface area contributed by atoms with E-state index in [1.54, 1.807) is 24.3 Å². The number of rotatable bonds is 7. The first-order valence-electron chi connectivity index (χ1n) is 7.51. The van der Waals surface area contributed by atoms with Crippen molar-refractivity contribution in [2.75, 3.05) is 25.0 Å². The number of likely N-dealkylation sites (N-methyl/N-ethyl adjacent to an activating group) is 1. The molecule has 2 rings (SSSR count). The summed E-state index contributed by atoms with van der Waals surface area (Å²) >= 11 is 0. The number of carbonyl (C=O) groups excluding carboxylic acids is 2. The Balaban J connectivity index is 1.87. The van der Waals surface area contributed by atoms with E-state index in [0.717, 1.165) is 19.5 Å². The lowest BCUT2D eigenvalue weighted by molar-refractivity contribution is -0.117. The van der Waals surface area contributed by atoms with Crippen molar-refractivity contribution < 1.29 is 9.59 Å². The van der Waals surface area contributed by atoms with Crippen LogP contribution in [0.3, 0.4) is 0 Å². The lowest BCUT2D eigenvalue weighted by Gasteiger charge is -2.08. The van der Waals surface area contributed by atoms with E-state index >= 15 is 0 Å². The van der Waals surface area contributed by atoms with Crippen LogP contribution in [0.1, 0.15) is 30.6 Å². The number of carbonyl (C=O) groups is 2. The fourth-order valence-corrected chi connectivity index (χ4v) is 2.20. The highest BCUT2D eigenvalue weighted by Crippen LogP contribution is 2.38. The van der Waals surface area contributed by atoms with Crippen LogP contribution in [0.25, 0.3) is 0 Å². The lowest BCUT2D eigenvalue weighted by atomic mass is 10.2. The molecule has 0 radical (unpaired) electrons. The summed E-state index contributed by atoms with van der Waals surface area (Å²) in [5, 5.41) is 8.86. The molecule has 2 amide bonds. The second kappa shape index (κ2) is 7.22.